The molecule has 6 aromatic carbocycles. The van der Waals surface area contributed by atoms with Crippen LogP contribution in [0.15, 0.2) is 133 Å². The summed E-state index contributed by atoms with van der Waals surface area (Å²) < 4.78 is 2.04. The van der Waals surface area contributed by atoms with Gasteiger partial charge in [-0.1, -0.05) is 121 Å². The lowest BCUT2D eigenvalue weighted by atomic mass is 10.00. The van der Waals surface area contributed by atoms with Gasteiger partial charge in [0.1, 0.15) is 0 Å². The monoisotopic (exact) mass is 506 g/mol. The van der Waals surface area contributed by atoms with Gasteiger partial charge in [0.25, 0.3) is 0 Å². The van der Waals surface area contributed by atoms with Crippen LogP contribution in [0.2, 0.25) is 0 Å². The van der Waals surface area contributed by atoms with Crippen LogP contribution in [0.4, 0.5) is 0 Å². The van der Waals surface area contributed by atoms with Gasteiger partial charge in [0.05, 0.1) is 23.1 Å². The zero-order chi connectivity index (χ0) is 26.3. The molecule has 0 saturated carbocycles. The molecule has 2 atom stereocenters. The Morgan fingerprint density at radius 3 is 1.36 bits per heavy atom. The van der Waals surface area contributed by atoms with Crippen LogP contribution < -0.4 is 4.94 Å². The number of aromatic nitrogens is 1. The Balaban J connectivity index is 1.49. The van der Waals surface area contributed by atoms with Gasteiger partial charge in [0.2, 0.25) is 0 Å². The minimum Gasteiger partial charge on any atom is -0.314 e. The summed E-state index contributed by atoms with van der Waals surface area (Å²) in [6.07, 6.45) is 0. The number of hydrogen-bond donors (Lipinski definition) is 0. The molecule has 0 aliphatic carbocycles. The first-order valence-electron chi connectivity index (χ1n) is 13.6. The number of nitrogens with zero attached hydrogens (tertiary/aromatic N) is 2. The van der Waals surface area contributed by atoms with E-state index in [9.17, 15) is 0 Å². The Morgan fingerprint density at radius 1 is 0.487 bits per heavy atom. The second kappa shape index (κ2) is 9.61. The van der Waals surface area contributed by atoms with Gasteiger partial charge < -0.3 is 4.94 Å². The van der Waals surface area contributed by atoms with E-state index in [1.165, 1.54) is 43.4 Å². The van der Waals surface area contributed by atoms with E-state index in [1.54, 1.807) is 0 Å². The van der Waals surface area contributed by atoms with Gasteiger partial charge in [-0.15, -0.1) is 5.06 Å². The average Bonchev–Trinajstić information content (AvgIpc) is 3.34. The summed E-state index contributed by atoms with van der Waals surface area (Å²) in [5.74, 6) is 0. The normalized spacial score (nSPS) is 13.4. The van der Waals surface area contributed by atoms with Crippen molar-refractivity contribution in [3.05, 3.63) is 145 Å². The predicted octanol–water partition coefficient (Wildman–Crippen LogP) is 9.27. The maximum Gasteiger partial charge on any atom is 0.0911 e. The molecule has 0 saturated heterocycles. The highest BCUT2D eigenvalue weighted by Crippen LogP contribution is 2.39. The Labute approximate surface area is 228 Å². The number of rotatable bonds is 6. The van der Waals surface area contributed by atoms with Gasteiger partial charge in [-0.3, -0.25) is 0 Å². The van der Waals surface area contributed by atoms with Crippen molar-refractivity contribution in [2.45, 2.75) is 25.9 Å². The maximum absolute atomic E-state index is 7.06. The van der Waals surface area contributed by atoms with Gasteiger partial charge in [-0.25, -0.2) is 0 Å². The fourth-order valence-electron chi connectivity index (χ4n) is 5.93. The van der Waals surface area contributed by atoms with E-state index in [0.717, 1.165) is 11.0 Å². The third-order valence-corrected chi connectivity index (χ3v) is 8.00. The smallest absolute Gasteiger partial charge is 0.0911 e. The molecule has 0 fully saturated rings. The van der Waals surface area contributed by atoms with Gasteiger partial charge in [0, 0.05) is 10.8 Å². The predicted molar refractivity (Wildman–Crippen MR) is 163 cm³/mol. The minimum atomic E-state index is 0.00909. The summed E-state index contributed by atoms with van der Waals surface area (Å²) in [5, 5.41) is 9.50. The first-order valence-corrected chi connectivity index (χ1v) is 13.6. The molecule has 39 heavy (non-hydrogen) atoms. The molecule has 0 N–H and O–H groups in total. The van der Waals surface area contributed by atoms with Gasteiger partial charge in [-0.05, 0) is 58.7 Å². The summed E-state index contributed by atoms with van der Waals surface area (Å²) in [6, 6.07) is 47.3. The standard InChI is InChI=1S/C36H30N2O/c1-25(27-13-5-3-6-14-27)37(26(2)28-15-7-4-8-16-28)39-38-33-23-21-29-17-9-11-19-31(29)35(33)36-32-20-12-10-18-30(32)22-24-34(36)38/h3-26H,1-2H3. The van der Waals surface area contributed by atoms with E-state index >= 15 is 0 Å². The quantitative estimate of drug-likeness (QED) is 0.209. The summed E-state index contributed by atoms with van der Waals surface area (Å²) in [7, 11) is 0. The molecular weight excluding hydrogens is 476 g/mol. The van der Waals surface area contributed by atoms with Gasteiger partial charge in [0.15, 0.2) is 0 Å². The molecule has 7 rings (SSSR count). The second-order valence-electron chi connectivity index (χ2n) is 10.3. The van der Waals surface area contributed by atoms with Crippen LogP contribution in [-0.2, 0) is 0 Å². The lowest BCUT2D eigenvalue weighted by molar-refractivity contribution is -0.204. The Morgan fingerprint density at radius 2 is 0.897 bits per heavy atom. The van der Waals surface area contributed by atoms with Crippen molar-refractivity contribution in [1.29, 1.82) is 0 Å². The van der Waals surface area contributed by atoms with Crippen LogP contribution in [0.1, 0.15) is 37.1 Å². The zero-order valence-electron chi connectivity index (χ0n) is 22.2. The van der Waals surface area contributed by atoms with Crippen molar-refractivity contribution < 1.29 is 4.94 Å². The lowest BCUT2D eigenvalue weighted by Gasteiger charge is -2.34. The van der Waals surface area contributed by atoms with E-state index in [0.29, 0.717) is 0 Å². The van der Waals surface area contributed by atoms with Crippen molar-refractivity contribution in [3.63, 3.8) is 0 Å². The highest BCUT2D eigenvalue weighted by Gasteiger charge is 2.27. The molecule has 0 spiro atoms. The summed E-state index contributed by atoms with van der Waals surface area (Å²) in [5.41, 5.74) is 4.53. The summed E-state index contributed by atoms with van der Waals surface area (Å²) >= 11 is 0. The number of hydrogen-bond acceptors (Lipinski definition) is 2. The van der Waals surface area contributed by atoms with Crippen molar-refractivity contribution in [1.82, 2.24) is 9.79 Å². The fraction of sp³-hybridized carbons (Fsp3) is 0.111. The highest BCUT2D eigenvalue weighted by molar-refractivity contribution is 6.27. The fourth-order valence-corrected chi connectivity index (χ4v) is 5.93. The van der Waals surface area contributed by atoms with Crippen LogP contribution in [0.3, 0.4) is 0 Å². The van der Waals surface area contributed by atoms with Crippen LogP contribution in [0.25, 0.3) is 43.4 Å². The van der Waals surface area contributed by atoms with E-state index < -0.39 is 0 Å². The number of fused-ring (bicyclic) bond motifs is 7. The highest BCUT2D eigenvalue weighted by atomic mass is 16.8. The maximum atomic E-state index is 7.06. The number of benzene rings is 6. The summed E-state index contributed by atoms with van der Waals surface area (Å²) in [6.45, 7) is 4.43. The van der Waals surface area contributed by atoms with E-state index in [1.807, 2.05) is 4.73 Å². The van der Waals surface area contributed by atoms with Crippen molar-refractivity contribution in [2.75, 3.05) is 0 Å². The molecule has 2 unspecified atom stereocenters. The zero-order valence-corrected chi connectivity index (χ0v) is 22.2. The number of hydroxylamine groups is 2. The minimum absolute atomic E-state index is 0.00909. The molecule has 1 heterocycles. The third-order valence-electron chi connectivity index (χ3n) is 8.00. The molecule has 7 aromatic rings. The molecule has 0 aliphatic heterocycles. The molecule has 0 bridgehead atoms. The largest absolute Gasteiger partial charge is 0.314 e. The van der Waals surface area contributed by atoms with Crippen LogP contribution in [0.5, 0.6) is 0 Å². The third kappa shape index (κ3) is 3.94. The van der Waals surface area contributed by atoms with Gasteiger partial charge in [-0.2, -0.15) is 4.73 Å². The van der Waals surface area contributed by atoms with Crippen molar-refractivity contribution in [2.24, 2.45) is 0 Å². The summed E-state index contributed by atoms with van der Waals surface area (Å²) in [4.78, 5) is 7.06. The molecule has 0 radical (unpaired) electrons. The van der Waals surface area contributed by atoms with Crippen LogP contribution in [0, 0.1) is 0 Å². The lowest BCUT2D eigenvalue weighted by Crippen LogP contribution is -2.38. The Kier molecular flexibility index (Phi) is 5.79. The van der Waals surface area contributed by atoms with E-state index in [-0.39, 0.29) is 12.1 Å². The molecule has 190 valence electrons. The Hall–Kier alpha value is -4.60. The molecule has 3 nitrogen and oxygen atoms in total. The van der Waals surface area contributed by atoms with Crippen molar-refractivity contribution >= 4 is 43.4 Å². The molecule has 0 aliphatic rings. The van der Waals surface area contributed by atoms with Crippen LogP contribution in [-0.4, -0.2) is 9.79 Å². The molecule has 3 heteroatoms. The average molecular weight is 507 g/mol. The van der Waals surface area contributed by atoms with E-state index in [2.05, 4.69) is 152 Å². The molecule has 0 amide bonds. The van der Waals surface area contributed by atoms with Crippen molar-refractivity contribution in [3.8, 4) is 0 Å². The molecule has 1 aromatic heterocycles. The van der Waals surface area contributed by atoms with Crippen LogP contribution >= 0.6 is 0 Å². The topological polar surface area (TPSA) is 17.4 Å². The van der Waals surface area contributed by atoms with Gasteiger partial charge >= 0.3 is 0 Å². The molecular formula is C36H30N2O. The SMILES string of the molecule is CC(c1ccccc1)N(On1c2ccc3ccccc3c2c2c3ccccc3ccc21)C(C)c1ccccc1. The first kappa shape index (κ1) is 23.5. The van der Waals surface area contributed by atoms with E-state index in [4.69, 9.17) is 4.94 Å². The Bertz CT molecular complexity index is 1790. The first-order chi connectivity index (χ1) is 19.2. The second-order valence-corrected chi connectivity index (χ2v) is 10.3.